The fourth-order valence-corrected chi connectivity index (χ4v) is 2.47. The molecule has 0 aliphatic heterocycles. The molecule has 1 amide bonds. The number of benzene rings is 2. The summed E-state index contributed by atoms with van der Waals surface area (Å²) in [6.45, 7) is 6.57. The quantitative estimate of drug-likeness (QED) is 0.840. The summed E-state index contributed by atoms with van der Waals surface area (Å²) >= 11 is 0. The monoisotopic (exact) mass is 296 g/mol. The number of anilines is 2. The molecule has 0 aliphatic rings. The number of rotatable bonds is 6. The van der Waals surface area contributed by atoms with E-state index in [0.29, 0.717) is 0 Å². The van der Waals surface area contributed by atoms with Crippen LogP contribution in [-0.2, 0) is 17.6 Å². The number of carbonyl (C=O) groups excluding carboxylic acids is 1. The smallest absolute Gasteiger partial charge is 0.243 e. The third kappa shape index (κ3) is 4.10. The number of amides is 1. The summed E-state index contributed by atoms with van der Waals surface area (Å²) in [5.41, 5.74) is 5.58. The predicted octanol–water partition coefficient (Wildman–Crippen LogP) is 4.17. The lowest BCUT2D eigenvalue weighted by molar-refractivity contribution is -0.114. The second kappa shape index (κ2) is 7.64. The zero-order valence-corrected chi connectivity index (χ0v) is 13.6. The van der Waals surface area contributed by atoms with Gasteiger partial charge in [0.2, 0.25) is 5.91 Å². The number of carbonyl (C=O) groups is 1. The van der Waals surface area contributed by atoms with Crippen LogP contribution in [0.1, 0.15) is 30.5 Å². The minimum Gasteiger partial charge on any atom is -0.376 e. The van der Waals surface area contributed by atoms with Crippen molar-refractivity contribution in [3.63, 3.8) is 0 Å². The average Bonchev–Trinajstić information content (AvgIpc) is 2.54. The second-order valence-electron chi connectivity index (χ2n) is 5.41. The Morgan fingerprint density at radius 1 is 1.00 bits per heavy atom. The Morgan fingerprint density at radius 2 is 1.73 bits per heavy atom. The van der Waals surface area contributed by atoms with Gasteiger partial charge in [-0.15, -0.1) is 0 Å². The van der Waals surface area contributed by atoms with E-state index in [2.05, 4.69) is 49.6 Å². The lowest BCUT2D eigenvalue weighted by Gasteiger charge is -2.14. The zero-order chi connectivity index (χ0) is 15.9. The molecule has 0 aromatic heterocycles. The molecule has 0 heterocycles. The van der Waals surface area contributed by atoms with Gasteiger partial charge < -0.3 is 10.6 Å². The molecule has 0 saturated carbocycles. The summed E-state index contributed by atoms with van der Waals surface area (Å²) in [5, 5.41) is 6.18. The van der Waals surface area contributed by atoms with Gasteiger partial charge in [-0.05, 0) is 48.6 Å². The predicted molar refractivity (Wildman–Crippen MR) is 93.5 cm³/mol. The molecule has 22 heavy (non-hydrogen) atoms. The van der Waals surface area contributed by atoms with Crippen LogP contribution in [0.5, 0.6) is 0 Å². The van der Waals surface area contributed by atoms with E-state index in [1.807, 2.05) is 24.3 Å². The first-order chi connectivity index (χ1) is 10.6. The molecular formula is C19H24N2O. The molecule has 0 bridgehead atoms. The fourth-order valence-electron chi connectivity index (χ4n) is 2.47. The number of aryl methyl sites for hydroxylation is 3. The third-order valence-electron chi connectivity index (χ3n) is 3.81. The zero-order valence-electron chi connectivity index (χ0n) is 13.6. The second-order valence-corrected chi connectivity index (χ2v) is 5.41. The normalized spacial score (nSPS) is 10.3. The molecule has 0 aliphatic carbocycles. The minimum atomic E-state index is -0.0328. The van der Waals surface area contributed by atoms with Crippen LogP contribution in [0.25, 0.3) is 0 Å². The Bertz CT molecular complexity index is 632. The Hall–Kier alpha value is -2.29. The van der Waals surface area contributed by atoms with E-state index in [9.17, 15) is 4.79 Å². The highest BCUT2D eigenvalue weighted by Crippen LogP contribution is 2.20. The first-order valence-corrected chi connectivity index (χ1v) is 7.85. The van der Waals surface area contributed by atoms with Gasteiger partial charge in [0.15, 0.2) is 0 Å². The van der Waals surface area contributed by atoms with E-state index < -0.39 is 0 Å². The van der Waals surface area contributed by atoms with Gasteiger partial charge >= 0.3 is 0 Å². The van der Waals surface area contributed by atoms with Gasteiger partial charge in [0, 0.05) is 11.4 Å². The van der Waals surface area contributed by atoms with Gasteiger partial charge in [0.05, 0.1) is 6.54 Å². The lowest BCUT2D eigenvalue weighted by atomic mass is 10.1. The van der Waals surface area contributed by atoms with Crippen molar-refractivity contribution < 1.29 is 4.79 Å². The van der Waals surface area contributed by atoms with Gasteiger partial charge in [0.1, 0.15) is 0 Å². The molecule has 0 saturated heterocycles. The fraction of sp³-hybridized carbons (Fsp3) is 0.316. The van der Waals surface area contributed by atoms with Crippen molar-refractivity contribution in [3.05, 3.63) is 59.2 Å². The summed E-state index contributed by atoms with van der Waals surface area (Å²) in [6, 6.07) is 14.2. The first kappa shape index (κ1) is 16.1. The number of hydrogen-bond donors (Lipinski definition) is 2. The van der Waals surface area contributed by atoms with Crippen molar-refractivity contribution in [1.82, 2.24) is 0 Å². The van der Waals surface area contributed by atoms with Crippen molar-refractivity contribution in [3.8, 4) is 0 Å². The van der Waals surface area contributed by atoms with Crippen LogP contribution in [0, 0.1) is 6.92 Å². The largest absolute Gasteiger partial charge is 0.376 e. The van der Waals surface area contributed by atoms with Gasteiger partial charge in [-0.2, -0.15) is 0 Å². The number of nitrogens with one attached hydrogen (secondary N) is 2. The highest BCUT2D eigenvalue weighted by atomic mass is 16.1. The SMILES string of the molecule is CCc1ccc(NC(=O)CNc2c(C)cccc2CC)cc1. The van der Waals surface area contributed by atoms with Crippen molar-refractivity contribution in [1.29, 1.82) is 0 Å². The molecule has 2 aromatic carbocycles. The maximum Gasteiger partial charge on any atom is 0.243 e. The molecule has 0 fully saturated rings. The number of hydrogen-bond acceptors (Lipinski definition) is 2. The van der Waals surface area contributed by atoms with Crippen molar-refractivity contribution in [2.24, 2.45) is 0 Å². The molecule has 0 atom stereocenters. The molecular weight excluding hydrogens is 272 g/mol. The van der Waals surface area contributed by atoms with E-state index in [1.165, 1.54) is 16.7 Å². The van der Waals surface area contributed by atoms with Gasteiger partial charge in [-0.3, -0.25) is 4.79 Å². The molecule has 2 N–H and O–H groups in total. The van der Waals surface area contributed by atoms with Crippen LogP contribution in [0.2, 0.25) is 0 Å². The average molecular weight is 296 g/mol. The van der Waals surface area contributed by atoms with Crippen molar-refractivity contribution in [2.45, 2.75) is 33.6 Å². The molecule has 0 unspecified atom stereocenters. The maximum atomic E-state index is 12.1. The highest BCUT2D eigenvalue weighted by Gasteiger charge is 2.07. The summed E-state index contributed by atoms with van der Waals surface area (Å²) in [4.78, 5) is 12.1. The highest BCUT2D eigenvalue weighted by molar-refractivity contribution is 5.93. The Kier molecular flexibility index (Phi) is 5.59. The molecule has 3 heteroatoms. The van der Waals surface area contributed by atoms with E-state index in [-0.39, 0.29) is 12.5 Å². The van der Waals surface area contributed by atoms with E-state index in [1.54, 1.807) is 0 Å². The first-order valence-electron chi connectivity index (χ1n) is 7.85. The third-order valence-corrected chi connectivity index (χ3v) is 3.81. The van der Waals surface area contributed by atoms with Crippen LogP contribution in [-0.4, -0.2) is 12.5 Å². The van der Waals surface area contributed by atoms with E-state index in [4.69, 9.17) is 0 Å². The minimum absolute atomic E-state index is 0.0328. The lowest BCUT2D eigenvalue weighted by Crippen LogP contribution is -2.22. The summed E-state index contributed by atoms with van der Waals surface area (Å²) in [6.07, 6.45) is 1.95. The van der Waals surface area contributed by atoms with Gasteiger partial charge in [0.25, 0.3) is 0 Å². The standard InChI is InChI=1S/C19H24N2O/c1-4-15-9-11-17(12-10-15)21-18(22)13-20-19-14(3)7-6-8-16(19)5-2/h6-12,20H,4-5,13H2,1-3H3,(H,21,22). The van der Waals surface area contributed by atoms with Crippen LogP contribution in [0.4, 0.5) is 11.4 Å². The number of para-hydroxylation sites is 1. The van der Waals surface area contributed by atoms with Crippen LogP contribution in [0.3, 0.4) is 0 Å². The maximum absolute atomic E-state index is 12.1. The molecule has 0 spiro atoms. The molecule has 0 radical (unpaired) electrons. The molecule has 2 aromatic rings. The van der Waals surface area contributed by atoms with Gasteiger partial charge in [-0.25, -0.2) is 0 Å². The van der Waals surface area contributed by atoms with Crippen LogP contribution < -0.4 is 10.6 Å². The summed E-state index contributed by atoms with van der Waals surface area (Å²) in [7, 11) is 0. The van der Waals surface area contributed by atoms with Crippen LogP contribution >= 0.6 is 0 Å². The summed E-state index contributed by atoms with van der Waals surface area (Å²) in [5.74, 6) is -0.0328. The van der Waals surface area contributed by atoms with E-state index >= 15 is 0 Å². The summed E-state index contributed by atoms with van der Waals surface area (Å²) < 4.78 is 0. The van der Waals surface area contributed by atoms with E-state index in [0.717, 1.165) is 24.2 Å². The Labute approximate surface area is 132 Å². The molecule has 116 valence electrons. The molecule has 2 rings (SSSR count). The Morgan fingerprint density at radius 3 is 2.36 bits per heavy atom. The molecule has 3 nitrogen and oxygen atoms in total. The van der Waals surface area contributed by atoms with Gasteiger partial charge in [-0.1, -0.05) is 44.2 Å². The topological polar surface area (TPSA) is 41.1 Å². The van der Waals surface area contributed by atoms with Crippen molar-refractivity contribution in [2.75, 3.05) is 17.2 Å². The van der Waals surface area contributed by atoms with Crippen molar-refractivity contribution >= 4 is 17.3 Å². The van der Waals surface area contributed by atoms with Crippen LogP contribution in [0.15, 0.2) is 42.5 Å². The Balaban J connectivity index is 1.95.